The third-order valence-corrected chi connectivity index (χ3v) is 5.47. The summed E-state index contributed by atoms with van der Waals surface area (Å²) in [5.74, 6) is 0.114. The third-order valence-electron chi connectivity index (χ3n) is 5.47. The summed E-state index contributed by atoms with van der Waals surface area (Å²) in [6, 6.07) is 20.3. The van der Waals surface area contributed by atoms with Crippen molar-refractivity contribution in [3.8, 4) is 5.69 Å². The van der Waals surface area contributed by atoms with Crippen LogP contribution >= 0.6 is 0 Å². The van der Waals surface area contributed by atoms with Crippen LogP contribution < -0.4 is 0 Å². The Balaban J connectivity index is 1.35. The zero-order valence-electron chi connectivity index (χ0n) is 15.1. The Hall–Kier alpha value is -3.27. The average Bonchev–Trinajstić information content (AvgIpc) is 3.32. The summed E-state index contributed by atoms with van der Waals surface area (Å²) >= 11 is 0. The molecule has 134 valence electrons. The molecule has 1 N–H and O–H groups in total. The van der Waals surface area contributed by atoms with Gasteiger partial charge in [-0.25, -0.2) is 0 Å². The van der Waals surface area contributed by atoms with E-state index >= 15 is 0 Å². The molecule has 0 saturated heterocycles. The van der Waals surface area contributed by atoms with Gasteiger partial charge in [-0.05, 0) is 54.4 Å². The Kier molecular flexibility index (Phi) is 3.82. The molecule has 0 spiro atoms. The Morgan fingerprint density at radius 1 is 0.852 bits per heavy atom. The molecule has 0 saturated carbocycles. The molecule has 0 aliphatic carbocycles. The van der Waals surface area contributed by atoms with Gasteiger partial charge in [-0.2, -0.15) is 0 Å². The minimum atomic E-state index is 0.114. The number of carbonyl (C=O) groups excluding carboxylic acids is 1. The van der Waals surface area contributed by atoms with Crippen molar-refractivity contribution in [3.63, 3.8) is 0 Å². The number of benzene rings is 2. The number of amides is 1. The van der Waals surface area contributed by atoms with Crippen molar-refractivity contribution in [1.82, 2.24) is 14.5 Å². The lowest BCUT2D eigenvalue weighted by Gasteiger charge is -2.20. The number of nitrogens with one attached hydrogen (secondary N) is 1. The molecule has 1 aliphatic rings. The molecular weight excluding hydrogens is 334 g/mol. The number of fused-ring (bicyclic) bond motifs is 3. The molecule has 3 heterocycles. The Morgan fingerprint density at radius 2 is 1.59 bits per heavy atom. The van der Waals surface area contributed by atoms with Crippen LogP contribution in [0.15, 0.2) is 73.1 Å². The maximum Gasteiger partial charge on any atom is 0.253 e. The van der Waals surface area contributed by atoms with Crippen molar-refractivity contribution in [1.29, 1.82) is 0 Å². The van der Waals surface area contributed by atoms with Crippen LogP contribution in [-0.2, 0) is 12.8 Å². The van der Waals surface area contributed by atoms with Crippen LogP contribution in [0.25, 0.3) is 16.6 Å². The van der Waals surface area contributed by atoms with E-state index in [4.69, 9.17) is 0 Å². The lowest BCUT2D eigenvalue weighted by atomic mass is 10.1. The topological polar surface area (TPSA) is 41.0 Å². The second-order valence-electron chi connectivity index (χ2n) is 7.06. The van der Waals surface area contributed by atoms with E-state index in [1.807, 2.05) is 58.3 Å². The lowest BCUT2D eigenvalue weighted by molar-refractivity contribution is 0.0763. The van der Waals surface area contributed by atoms with Gasteiger partial charge >= 0.3 is 0 Å². The molecule has 5 rings (SSSR count). The first kappa shape index (κ1) is 15.9. The zero-order chi connectivity index (χ0) is 18.2. The highest BCUT2D eigenvalue weighted by atomic mass is 16.2. The van der Waals surface area contributed by atoms with Gasteiger partial charge in [0.15, 0.2) is 0 Å². The monoisotopic (exact) mass is 355 g/mol. The first-order chi connectivity index (χ1) is 13.3. The summed E-state index contributed by atoms with van der Waals surface area (Å²) in [5, 5.41) is 1.29. The fraction of sp³-hybridized carbons (Fsp3) is 0.174. The van der Waals surface area contributed by atoms with Gasteiger partial charge in [0.05, 0.1) is 0 Å². The van der Waals surface area contributed by atoms with Gasteiger partial charge in [0.1, 0.15) is 0 Å². The molecular formula is C23H21N3O. The zero-order valence-corrected chi connectivity index (χ0v) is 15.1. The van der Waals surface area contributed by atoms with E-state index in [0.29, 0.717) is 0 Å². The normalized spacial score (nSPS) is 14.1. The van der Waals surface area contributed by atoms with Gasteiger partial charge in [-0.3, -0.25) is 4.79 Å². The van der Waals surface area contributed by atoms with Crippen LogP contribution in [0.2, 0.25) is 0 Å². The van der Waals surface area contributed by atoms with Crippen molar-refractivity contribution < 1.29 is 4.79 Å². The van der Waals surface area contributed by atoms with E-state index in [2.05, 4.69) is 29.2 Å². The fourth-order valence-corrected chi connectivity index (χ4v) is 4.03. The maximum absolute atomic E-state index is 13.0. The number of hydrogen-bond donors (Lipinski definition) is 1. The van der Waals surface area contributed by atoms with E-state index in [0.717, 1.165) is 37.2 Å². The summed E-state index contributed by atoms with van der Waals surface area (Å²) in [6.07, 6.45) is 5.77. The Bertz CT molecular complexity index is 1090. The number of aromatic nitrogens is 2. The van der Waals surface area contributed by atoms with Crippen molar-refractivity contribution in [2.75, 3.05) is 13.1 Å². The fourth-order valence-electron chi connectivity index (χ4n) is 4.03. The summed E-state index contributed by atoms with van der Waals surface area (Å²) in [4.78, 5) is 18.5. The number of H-pyrrole nitrogens is 1. The molecule has 0 radical (unpaired) electrons. The summed E-state index contributed by atoms with van der Waals surface area (Å²) < 4.78 is 2.04. The van der Waals surface area contributed by atoms with Crippen molar-refractivity contribution in [2.45, 2.75) is 12.8 Å². The number of carbonyl (C=O) groups is 1. The molecule has 4 nitrogen and oxygen atoms in total. The first-order valence-corrected chi connectivity index (χ1v) is 9.41. The molecule has 0 bridgehead atoms. The van der Waals surface area contributed by atoms with Gasteiger partial charge in [0.2, 0.25) is 0 Å². The molecule has 4 heteroatoms. The maximum atomic E-state index is 13.0. The molecule has 2 aromatic heterocycles. The van der Waals surface area contributed by atoms with E-state index in [9.17, 15) is 4.79 Å². The molecule has 0 fully saturated rings. The van der Waals surface area contributed by atoms with Crippen LogP contribution in [-0.4, -0.2) is 33.4 Å². The Labute approximate surface area is 158 Å². The average molecular weight is 355 g/mol. The highest BCUT2D eigenvalue weighted by molar-refractivity contribution is 5.94. The number of para-hydroxylation sites is 1. The molecule has 27 heavy (non-hydrogen) atoms. The summed E-state index contributed by atoms with van der Waals surface area (Å²) in [7, 11) is 0. The molecule has 1 amide bonds. The highest BCUT2D eigenvalue weighted by Gasteiger charge is 2.22. The standard InChI is InChI=1S/C23H21N3O/c27-23(17-7-9-18(10-8-17)25-13-3-4-14-25)26-15-11-20-19-5-1-2-6-21(19)24-22(20)12-16-26/h1-10,13-14,24H,11-12,15-16H2. The van der Waals surface area contributed by atoms with Gasteiger partial charge in [0, 0.05) is 59.8 Å². The lowest BCUT2D eigenvalue weighted by Crippen LogP contribution is -2.33. The highest BCUT2D eigenvalue weighted by Crippen LogP contribution is 2.26. The van der Waals surface area contributed by atoms with Crippen molar-refractivity contribution >= 4 is 16.8 Å². The summed E-state index contributed by atoms with van der Waals surface area (Å²) in [6.45, 7) is 1.51. The van der Waals surface area contributed by atoms with Gasteiger partial charge in [-0.15, -0.1) is 0 Å². The smallest absolute Gasteiger partial charge is 0.253 e. The van der Waals surface area contributed by atoms with Gasteiger partial charge in [0.25, 0.3) is 5.91 Å². The van der Waals surface area contributed by atoms with Crippen LogP contribution in [0, 0.1) is 0 Å². The third kappa shape index (κ3) is 2.83. The van der Waals surface area contributed by atoms with Crippen molar-refractivity contribution in [2.24, 2.45) is 0 Å². The van der Waals surface area contributed by atoms with Crippen molar-refractivity contribution in [3.05, 3.63) is 89.9 Å². The number of rotatable bonds is 2. The van der Waals surface area contributed by atoms with E-state index < -0.39 is 0 Å². The number of nitrogens with zero attached hydrogens (tertiary/aromatic N) is 2. The first-order valence-electron chi connectivity index (χ1n) is 9.41. The molecule has 0 unspecified atom stereocenters. The van der Waals surface area contributed by atoms with Gasteiger partial charge < -0.3 is 14.5 Å². The van der Waals surface area contributed by atoms with E-state index in [-0.39, 0.29) is 5.91 Å². The predicted molar refractivity (Wildman–Crippen MR) is 107 cm³/mol. The molecule has 0 atom stereocenters. The number of aromatic amines is 1. The Morgan fingerprint density at radius 3 is 2.41 bits per heavy atom. The van der Waals surface area contributed by atoms with Gasteiger partial charge in [-0.1, -0.05) is 18.2 Å². The predicted octanol–water partition coefficient (Wildman–Crippen LogP) is 4.20. The van der Waals surface area contributed by atoms with Crippen LogP contribution in [0.4, 0.5) is 0 Å². The second-order valence-corrected chi connectivity index (χ2v) is 7.06. The second kappa shape index (κ2) is 6.47. The molecule has 1 aliphatic heterocycles. The van der Waals surface area contributed by atoms with E-state index in [1.54, 1.807) is 0 Å². The largest absolute Gasteiger partial charge is 0.358 e. The van der Waals surface area contributed by atoms with Crippen LogP contribution in [0.1, 0.15) is 21.6 Å². The minimum Gasteiger partial charge on any atom is -0.358 e. The molecule has 4 aromatic rings. The van der Waals surface area contributed by atoms with Crippen LogP contribution in [0.5, 0.6) is 0 Å². The minimum absolute atomic E-state index is 0.114. The number of hydrogen-bond acceptors (Lipinski definition) is 1. The van der Waals surface area contributed by atoms with E-state index in [1.165, 1.54) is 22.2 Å². The SMILES string of the molecule is O=C(c1ccc(-n2cccc2)cc1)N1CCc2[nH]c3ccccc3c2CC1. The quantitative estimate of drug-likeness (QED) is 0.575. The summed E-state index contributed by atoms with van der Waals surface area (Å²) in [5.41, 5.74) is 5.65. The molecule has 2 aromatic carbocycles. The van der Waals surface area contributed by atoms with Crippen LogP contribution in [0.3, 0.4) is 0 Å².